The molecule has 0 saturated carbocycles. The fourth-order valence-electron chi connectivity index (χ4n) is 2.10. The summed E-state index contributed by atoms with van der Waals surface area (Å²) in [5.41, 5.74) is 3.42. The smallest absolute Gasteiger partial charge is 0.159 e. The number of aromatic nitrogens is 3. The molecule has 0 atom stereocenters. The van der Waals surface area contributed by atoms with Gasteiger partial charge in [-0.25, -0.2) is 9.97 Å². The molecule has 0 amide bonds. The van der Waals surface area contributed by atoms with E-state index in [9.17, 15) is 4.79 Å². The monoisotopic (exact) mass is 266 g/mol. The number of carbonyl (C=O) groups excluding carboxylic acids is 1. The molecule has 0 aliphatic rings. The maximum absolute atomic E-state index is 11.2. The van der Waals surface area contributed by atoms with Gasteiger partial charge in [0.1, 0.15) is 17.8 Å². The molecule has 0 saturated heterocycles. The van der Waals surface area contributed by atoms with Gasteiger partial charge >= 0.3 is 0 Å². The SMILES string of the molecule is CC(=O)c1ccc(Nc2ncnc3[nH]c(C)cc23)cc1. The Labute approximate surface area is 116 Å². The van der Waals surface area contributed by atoms with Gasteiger partial charge in [-0.2, -0.15) is 0 Å². The van der Waals surface area contributed by atoms with Gasteiger partial charge in [-0.15, -0.1) is 0 Å². The van der Waals surface area contributed by atoms with Crippen molar-refractivity contribution in [1.82, 2.24) is 15.0 Å². The molecule has 3 rings (SSSR count). The summed E-state index contributed by atoms with van der Waals surface area (Å²) in [5.74, 6) is 0.803. The second-order valence-corrected chi connectivity index (χ2v) is 4.70. The molecule has 1 aromatic carbocycles. The van der Waals surface area contributed by atoms with Crippen molar-refractivity contribution >= 4 is 28.3 Å². The van der Waals surface area contributed by atoms with Crippen LogP contribution in [0.1, 0.15) is 23.0 Å². The predicted molar refractivity (Wildman–Crippen MR) is 78.4 cm³/mol. The van der Waals surface area contributed by atoms with Gasteiger partial charge in [0.05, 0.1) is 5.39 Å². The van der Waals surface area contributed by atoms with E-state index in [1.165, 1.54) is 6.33 Å². The summed E-state index contributed by atoms with van der Waals surface area (Å²) in [5, 5.41) is 4.19. The number of hydrogen-bond donors (Lipinski definition) is 2. The minimum absolute atomic E-state index is 0.0576. The molecule has 2 N–H and O–H groups in total. The summed E-state index contributed by atoms with van der Waals surface area (Å²) < 4.78 is 0. The molecule has 0 aliphatic heterocycles. The third-order valence-electron chi connectivity index (χ3n) is 3.11. The topological polar surface area (TPSA) is 70.7 Å². The normalized spacial score (nSPS) is 10.7. The maximum atomic E-state index is 11.2. The van der Waals surface area contributed by atoms with Crippen molar-refractivity contribution in [3.8, 4) is 0 Å². The summed E-state index contributed by atoms with van der Waals surface area (Å²) in [7, 11) is 0. The highest BCUT2D eigenvalue weighted by Crippen LogP contribution is 2.23. The number of Topliss-reactive ketones (excluding diaryl/α,β-unsaturated/α-hetero) is 1. The average molecular weight is 266 g/mol. The highest BCUT2D eigenvalue weighted by Gasteiger charge is 2.07. The summed E-state index contributed by atoms with van der Waals surface area (Å²) >= 11 is 0. The van der Waals surface area contributed by atoms with Crippen molar-refractivity contribution in [3.63, 3.8) is 0 Å². The molecule has 2 heterocycles. The van der Waals surface area contributed by atoms with E-state index in [4.69, 9.17) is 0 Å². The van der Waals surface area contributed by atoms with Crippen LogP contribution in [0.25, 0.3) is 11.0 Å². The van der Waals surface area contributed by atoms with Crippen LogP contribution in [-0.2, 0) is 0 Å². The number of ketones is 1. The van der Waals surface area contributed by atoms with E-state index in [1.54, 1.807) is 19.1 Å². The molecule has 20 heavy (non-hydrogen) atoms. The van der Waals surface area contributed by atoms with Gasteiger partial charge in [-0.05, 0) is 44.2 Å². The van der Waals surface area contributed by atoms with Crippen LogP contribution < -0.4 is 5.32 Å². The van der Waals surface area contributed by atoms with Crippen molar-refractivity contribution in [2.24, 2.45) is 0 Å². The van der Waals surface area contributed by atoms with E-state index in [0.29, 0.717) is 5.56 Å². The van der Waals surface area contributed by atoms with Crippen molar-refractivity contribution in [3.05, 3.63) is 47.9 Å². The predicted octanol–water partition coefficient (Wildman–Crippen LogP) is 3.21. The Bertz CT molecular complexity index is 774. The van der Waals surface area contributed by atoms with E-state index in [1.807, 2.05) is 25.1 Å². The zero-order valence-electron chi connectivity index (χ0n) is 11.3. The highest BCUT2D eigenvalue weighted by molar-refractivity contribution is 5.94. The fraction of sp³-hybridized carbons (Fsp3) is 0.133. The largest absolute Gasteiger partial charge is 0.343 e. The van der Waals surface area contributed by atoms with Crippen LogP contribution in [0.5, 0.6) is 0 Å². The first-order valence-electron chi connectivity index (χ1n) is 6.32. The molecule has 0 unspecified atom stereocenters. The number of carbonyl (C=O) groups is 1. The molecule has 0 aliphatic carbocycles. The Morgan fingerprint density at radius 1 is 1.20 bits per heavy atom. The van der Waals surface area contributed by atoms with Crippen LogP contribution in [-0.4, -0.2) is 20.7 Å². The zero-order valence-corrected chi connectivity index (χ0v) is 11.3. The molecule has 0 spiro atoms. The number of rotatable bonds is 3. The van der Waals surface area contributed by atoms with Crippen LogP contribution >= 0.6 is 0 Å². The molecule has 0 fully saturated rings. The fourth-order valence-corrected chi connectivity index (χ4v) is 2.10. The Balaban J connectivity index is 1.94. The minimum atomic E-state index is 0.0576. The zero-order chi connectivity index (χ0) is 14.1. The Kier molecular flexibility index (Phi) is 2.95. The standard InChI is InChI=1S/C15H14N4O/c1-9-7-13-14(18-9)16-8-17-15(13)19-12-5-3-11(4-6-12)10(2)20/h3-8H,1-2H3,(H2,16,17,18,19). The molecular formula is C15H14N4O. The van der Waals surface area contributed by atoms with E-state index in [2.05, 4.69) is 20.3 Å². The van der Waals surface area contributed by atoms with Gasteiger partial charge in [-0.3, -0.25) is 4.79 Å². The van der Waals surface area contributed by atoms with Crippen LogP contribution in [0.4, 0.5) is 11.5 Å². The minimum Gasteiger partial charge on any atom is -0.343 e. The number of nitrogens with zero attached hydrogens (tertiary/aromatic N) is 2. The van der Waals surface area contributed by atoms with Gasteiger partial charge in [0, 0.05) is 16.9 Å². The van der Waals surface area contributed by atoms with Gasteiger partial charge < -0.3 is 10.3 Å². The lowest BCUT2D eigenvalue weighted by atomic mass is 10.1. The Hall–Kier alpha value is -2.69. The molecule has 3 aromatic rings. The number of benzene rings is 1. The molecule has 0 radical (unpaired) electrons. The first-order valence-corrected chi connectivity index (χ1v) is 6.32. The Morgan fingerprint density at radius 2 is 1.95 bits per heavy atom. The van der Waals surface area contributed by atoms with E-state index in [0.717, 1.165) is 28.2 Å². The number of anilines is 2. The lowest BCUT2D eigenvalue weighted by Gasteiger charge is -2.06. The summed E-state index contributed by atoms with van der Waals surface area (Å²) in [6, 6.07) is 9.33. The number of aromatic amines is 1. The summed E-state index contributed by atoms with van der Waals surface area (Å²) in [6.07, 6.45) is 1.52. The number of fused-ring (bicyclic) bond motifs is 1. The number of aryl methyl sites for hydroxylation is 1. The van der Waals surface area contributed by atoms with Gasteiger partial charge in [-0.1, -0.05) is 0 Å². The molecule has 5 heteroatoms. The molecule has 100 valence electrons. The average Bonchev–Trinajstić information content (AvgIpc) is 2.81. The lowest BCUT2D eigenvalue weighted by Crippen LogP contribution is -1.96. The van der Waals surface area contributed by atoms with Crippen LogP contribution in [0, 0.1) is 6.92 Å². The maximum Gasteiger partial charge on any atom is 0.159 e. The van der Waals surface area contributed by atoms with Crippen molar-refractivity contribution in [1.29, 1.82) is 0 Å². The number of hydrogen-bond acceptors (Lipinski definition) is 4. The lowest BCUT2D eigenvalue weighted by molar-refractivity contribution is 0.101. The van der Waals surface area contributed by atoms with Crippen LogP contribution in [0.3, 0.4) is 0 Å². The summed E-state index contributed by atoms with van der Waals surface area (Å²) in [4.78, 5) is 22.9. The third-order valence-corrected chi connectivity index (χ3v) is 3.11. The molecule has 5 nitrogen and oxygen atoms in total. The van der Waals surface area contributed by atoms with Crippen LogP contribution in [0.2, 0.25) is 0 Å². The number of H-pyrrole nitrogens is 1. The van der Waals surface area contributed by atoms with Crippen molar-refractivity contribution in [2.75, 3.05) is 5.32 Å². The first-order chi connectivity index (χ1) is 9.63. The second kappa shape index (κ2) is 4.77. The Morgan fingerprint density at radius 3 is 2.65 bits per heavy atom. The highest BCUT2D eigenvalue weighted by atomic mass is 16.1. The quantitative estimate of drug-likeness (QED) is 0.714. The van der Waals surface area contributed by atoms with Crippen molar-refractivity contribution < 1.29 is 4.79 Å². The van der Waals surface area contributed by atoms with Crippen LogP contribution in [0.15, 0.2) is 36.7 Å². The number of nitrogens with one attached hydrogen (secondary N) is 2. The first kappa shape index (κ1) is 12.3. The van der Waals surface area contributed by atoms with Crippen molar-refractivity contribution in [2.45, 2.75) is 13.8 Å². The second-order valence-electron chi connectivity index (χ2n) is 4.70. The van der Waals surface area contributed by atoms with E-state index in [-0.39, 0.29) is 5.78 Å². The van der Waals surface area contributed by atoms with Gasteiger partial charge in [0.15, 0.2) is 5.78 Å². The van der Waals surface area contributed by atoms with E-state index < -0.39 is 0 Å². The van der Waals surface area contributed by atoms with E-state index >= 15 is 0 Å². The summed E-state index contributed by atoms with van der Waals surface area (Å²) in [6.45, 7) is 3.53. The molecule has 0 bridgehead atoms. The molecular weight excluding hydrogens is 252 g/mol. The van der Waals surface area contributed by atoms with Gasteiger partial charge in [0.2, 0.25) is 0 Å². The third kappa shape index (κ3) is 2.25. The van der Waals surface area contributed by atoms with Gasteiger partial charge in [0.25, 0.3) is 0 Å². The molecule has 2 aromatic heterocycles.